The van der Waals surface area contributed by atoms with E-state index < -0.39 is 11.6 Å². The highest BCUT2D eigenvalue weighted by Gasteiger charge is 2.22. The number of aromatic amines is 1. The summed E-state index contributed by atoms with van der Waals surface area (Å²) in [6.45, 7) is 9.48. The van der Waals surface area contributed by atoms with E-state index in [2.05, 4.69) is 16.4 Å². The van der Waals surface area contributed by atoms with Gasteiger partial charge in [-0.1, -0.05) is 18.2 Å². The van der Waals surface area contributed by atoms with E-state index in [0.717, 1.165) is 33.1 Å². The lowest BCUT2D eigenvalue weighted by Gasteiger charge is -2.23. The lowest BCUT2D eigenvalue weighted by Crippen LogP contribution is -2.24. The van der Waals surface area contributed by atoms with Crippen LogP contribution in [-0.4, -0.2) is 21.1 Å². The number of ether oxygens (including phenoxy) is 1. The summed E-state index contributed by atoms with van der Waals surface area (Å²) in [5, 5.41) is 5.61. The highest BCUT2D eigenvalue weighted by Crippen LogP contribution is 2.32. The predicted molar refractivity (Wildman–Crippen MR) is 155 cm³/mol. The number of aromatic nitrogens is 2. The average Bonchev–Trinajstić information content (AvgIpc) is 3.28. The molecular formula is C32H32FN3O3. The Bertz CT molecular complexity index is 1790. The van der Waals surface area contributed by atoms with Crippen LogP contribution in [-0.2, 0) is 11.8 Å². The van der Waals surface area contributed by atoms with Gasteiger partial charge in [0, 0.05) is 35.1 Å². The first-order valence-corrected chi connectivity index (χ1v) is 12.9. The fourth-order valence-electron chi connectivity index (χ4n) is 4.98. The zero-order chi connectivity index (χ0) is 28.1. The SMILES string of the molecule is Cc1cc(C(C)Nc2ccccc2C(=O)OC(C)(C)C)c2cc(-c3cc4cc(F)ccc4[nH]3)n(C)c(=O)c2c1. The molecule has 2 aromatic heterocycles. The largest absolute Gasteiger partial charge is 0.456 e. The fraction of sp³-hybridized carbons (Fsp3) is 0.250. The van der Waals surface area contributed by atoms with E-state index in [4.69, 9.17) is 4.74 Å². The van der Waals surface area contributed by atoms with Gasteiger partial charge in [0.1, 0.15) is 11.4 Å². The number of hydrogen-bond acceptors (Lipinski definition) is 4. The molecule has 5 aromatic rings. The number of nitrogens with one attached hydrogen (secondary N) is 2. The Morgan fingerprint density at radius 3 is 2.51 bits per heavy atom. The van der Waals surface area contributed by atoms with Gasteiger partial charge < -0.3 is 19.6 Å². The van der Waals surface area contributed by atoms with Crippen molar-refractivity contribution in [3.63, 3.8) is 0 Å². The first-order chi connectivity index (χ1) is 18.4. The molecule has 0 spiro atoms. The van der Waals surface area contributed by atoms with Crippen LogP contribution in [0, 0.1) is 12.7 Å². The molecule has 5 rings (SSSR count). The molecule has 0 radical (unpaired) electrons. The van der Waals surface area contributed by atoms with Gasteiger partial charge in [0.15, 0.2) is 0 Å². The molecule has 0 aliphatic rings. The number of pyridine rings is 1. The number of esters is 1. The lowest BCUT2D eigenvalue weighted by atomic mass is 9.96. The molecule has 2 heterocycles. The summed E-state index contributed by atoms with van der Waals surface area (Å²) in [5.74, 6) is -0.719. The highest BCUT2D eigenvalue weighted by molar-refractivity contribution is 5.96. The van der Waals surface area contributed by atoms with Gasteiger partial charge in [-0.2, -0.15) is 0 Å². The van der Waals surface area contributed by atoms with E-state index in [0.29, 0.717) is 22.3 Å². The van der Waals surface area contributed by atoms with Crippen molar-refractivity contribution in [1.29, 1.82) is 0 Å². The van der Waals surface area contributed by atoms with Crippen molar-refractivity contribution >= 4 is 33.3 Å². The smallest absolute Gasteiger partial charge is 0.340 e. The molecule has 0 amide bonds. The van der Waals surface area contributed by atoms with Gasteiger partial charge in [0.25, 0.3) is 5.56 Å². The van der Waals surface area contributed by atoms with Crippen LogP contribution in [0.1, 0.15) is 55.2 Å². The van der Waals surface area contributed by atoms with E-state index in [1.54, 1.807) is 29.8 Å². The average molecular weight is 526 g/mol. The van der Waals surface area contributed by atoms with Gasteiger partial charge in [-0.25, -0.2) is 9.18 Å². The third-order valence-corrected chi connectivity index (χ3v) is 6.78. The summed E-state index contributed by atoms with van der Waals surface area (Å²) < 4.78 is 21.0. The molecule has 2 N–H and O–H groups in total. The Kier molecular flexibility index (Phi) is 6.54. The normalized spacial score (nSPS) is 12.6. The van der Waals surface area contributed by atoms with Crippen molar-refractivity contribution in [2.24, 2.45) is 7.05 Å². The van der Waals surface area contributed by atoms with Crippen molar-refractivity contribution in [2.75, 3.05) is 5.32 Å². The third kappa shape index (κ3) is 5.17. The maximum atomic E-state index is 13.8. The maximum absolute atomic E-state index is 13.8. The molecule has 0 saturated heterocycles. The van der Waals surface area contributed by atoms with Crippen LogP contribution in [0.25, 0.3) is 33.1 Å². The Morgan fingerprint density at radius 2 is 1.77 bits per heavy atom. The minimum atomic E-state index is -0.618. The molecule has 39 heavy (non-hydrogen) atoms. The quantitative estimate of drug-likeness (QED) is 0.237. The van der Waals surface area contributed by atoms with Crippen LogP contribution in [0.4, 0.5) is 10.1 Å². The molecule has 200 valence electrons. The Labute approximate surface area is 226 Å². The third-order valence-electron chi connectivity index (χ3n) is 6.78. The summed E-state index contributed by atoms with van der Waals surface area (Å²) in [6.07, 6.45) is 0. The number of para-hydroxylation sites is 1. The van der Waals surface area contributed by atoms with Crippen molar-refractivity contribution in [2.45, 2.75) is 46.3 Å². The predicted octanol–water partition coefficient (Wildman–Crippen LogP) is 7.26. The summed E-state index contributed by atoms with van der Waals surface area (Å²) in [6, 6.07) is 19.4. The zero-order valence-corrected chi connectivity index (χ0v) is 23.0. The van der Waals surface area contributed by atoms with Crippen LogP contribution >= 0.6 is 0 Å². The number of anilines is 1. The molecule has 1 atom stereocenters. The number of aryl methyl sites for hydroxylation is 1. The van der Waals surface area contributed by atoms with Crippen LogP contribution < -0.4 is 10.9 Å². The molecule has 0 fully saturated rings. The Morgan fingerprint density at radius 1 is 1.03 bits per heavy atom. The maximum Gasteiger partial charge on any atom is 0.340 e. The van der Waals surface area contributed by atoms with E-state index in [1.807, 2.05) is 65.0 Å². The molecule has 0 saturated carbocycles. The van der Waals surface area contributed by atoms with Crippen LogP contribution in [0.2, 0.25) is 0 Å². The second-order valence-electron chi connectivity index (χ2n) is 11.0. The van der Waals surface area contributed by atoms with Crippen molar-refractivity contribution in [3.8, 4) is 11.4 Å². The molecule has 0 aliphatic heterocycles. The van der Waals surface area contributed by atoms with Gasteiger partial charge in [-0.05, 0) is 99.7 Å². The second-order valence-corrected chi connectivity index (χ2v) is 11.0. The van der Waals surface area contributed by atoms with Crippen LogP contribution in [0.15, 0.2) is 71.5 Å². The molecular weight excluding hydrogens is 493 g/mol. The summed E-state index contributed by atoms with van der Waals surface area (Å²) >= 11 is 0. The van der Waals surface area contributed by atoms with Crippen LogP contribution in [0.3, 0.4) is 0 Å². The van der Waals surface area contributed by atoms with Gasteiger partial charge in [-0.15, -0.1) is 0 Å². The summed E-state index contributed by atoms with van der Waals surface area (Å²) in [4.78, 5) is 29.8. The first kappa shape index (κ1) is 26.2. The monoisotopic (exact) mass is 525 g/mol. The summed E-state index contributed by atoms with van der Waals surface area (Å²) in [5.41, 5.74) is 4.43. The van der Waals surface area contributed by atoms with E-state index >= 15 is 0 Å². The van der Waals surface area contributed by atoms with E-state index in [-0.39, 0.29) is 17.4 Å². The fourth-order valence-corrected chi connectivity index (χ4v) is 4.98. The van der Waals surface area contributed by atoms with Crippen molar-refractivity contribution in [1.82, 2.24) is 9.55 Å². The molecule has 6 nitrogen and oxygen atoms in total. The standard InChI is InChI=1S/C32H32FN3O3/c1-18-13-23(19(2)34-27-10-8-7-9-22(27)31(38)39-32(3,4)5)24-17-29(36(6)30(37)25(24)14-18)28-16-20-15-21(33)11-12-26(20)35-28/h7-17,19,34-35H,1-6H3. The number of H-pyrrole nitrogens is 1. The number of fused-ring (bicyclic) bond motifs is 2. The Hall–Kier alpha value is -4.39. The van der Waals surface area contributed by atoms with Gasteiger partial charge in [0.2, 0.25) is 0 Å². The van der Waals surface area contributed by atoms with Gasteiger partial charge in [-0.3, -0.25) is 4.79 Å². The topological polar surface area (TPSA) is 76.1 Å². The van der Waals surface area contributed by atoms with Crippen LogP contribution in [0.5, 0.6) is 0 Å². The second kappa shape index (κ2) is 9.73. The molecule has 0 bridgehead atoms. The molecule has 1 unspecified atom stereocenters. The lowest BCUT2D eigenvalue weighted by molar-refractivity contribution is 0.00706. The number of hydrogen-bond donors (Lipinski definition) is 2. The highest BCUT2D eigenvalue weighted by atomic mass is 19.1. The van der Waals surface area contributed by atoms with E-state index in [9.17, 15) is 14.0 Å². The molecule has 0 aliphatic carbocycles. The van der Waals surface area contributed by atoms with Gasteiger partial charge >= 0.3 is 5.97 Å². The first-order valence-electron chi connectivity index (χ1n) is 12.9. The van der Waals surface area contributed by atoms with Crippen molar-refractivity contribution in [3.05, 3.63) is 99.6 Å². The number of benzene rings is 3. The molecule has 3 aromatic carbocycles. The van der Waals surface area contributed by atoms with E-state index in [1.165, 1.54) is 12.1 Å². The van der Waals surface area contributed by atoms with Crippen molar-refractivity contribution < 1.29 is 13.9 Å². The number of halogens is 1. The minimum absolute atomic E-state index is 0.126. The number of nitrogens with zero attached hydrogens (tertiary/aromatic N) is 1. The molecule has 7 heteroatoms. The number of carbonyl (C=O) groups excluding carboxylic acids is 1. The van der Waals surface area contributed by atoms with Gasteiger partial charge in [0.05, 0.1) is 17.0 Å². The summed E-state index contributed by atoms with van der Waals surface area (Å²) in [7, 11) is 1.74. The number of rotatable bonds is 5. The zero-order valence-electron chi connectivity index (χ0n) is 23.0. The number of carbonyl (C=O) groups is 1. The minimum Gasteiger partial charge on any atom is -0.456 e. The Balaban J connectivity index is 1.61.